The Hall–Kier alpha value is -3.64. The number of halogens is 4. The van der Waals surface area contributed by atoms with Crippen LogP contribution in [0.25, 0.3) is 11.0 Å². The van der Waals surface area contributed by atoms with E-state index in [2.05, 4.69) is 15.3 Å². The van der Waals surface area contributed by atoms with Crippen molar-refractivity contribution in [2.24, 2.45) is 0 Å². The number of fused-ring (bicyclic) bond motifs is 1. The Morgan fingerprint density at radius 2 is 1.92 bits per heavy atom. The second-order valence-electron chi connectivity index (χ2n) is 8.57. The minimum Gasteiger partial charge on any atom is -0.456 e. The van der Waals surface area contributed by atoms with Gasteiger partial charge in [0.2, 0.25) is 0 Å². The fourth-order valence-electron chi connectivity index (χ4n) is 3.72. The van der Waals surface area contributed by atoms with E-state index in [1.807, 2.05) is 0 Å². The van der Waals surface area contributed by atoms with E-state index in [0.29, 0.717) is 22.5 Å². The zero-order chi connectivity index (χ0) is 27.5. The number of alkyl halides is 3. The van der Waals surface area contributed by atoms with Crippen molar-refractivity contribution in [2.45, 2.75) is 25.6 Å². The number of carbonyl (C=O) groups excluding carboxylic acids is 1. The van der Waals surface area contributed by atoms with Crippen molar-refractivity contribution in [3.05, 3.63) is 71.6 Å². The number of ether oxygens (including phenoxy) is 1. The molecule has 0 unspecified atom stereocenters. The summed E-state index contributed by atoms with van der Waals surface area (Å²) < 4.78 is 68.8. The smallest absolute Gasteiger partial charge is 0.416 e. The van der Waals surface area contributed by atoms with Gasteiger partial charge < -0.3 is 14.6 Å². The average molecular weight is 567 g/mol. The summed E-state index contributed by atoms with van der Waals surface area (Å²) in [5.41, 5.74) is 0.819. The highest BCUT2D eigenvalue weighted by Gasteiger charge is 2.30. The molecule has 0 fully saturated rings. The van der Waals surface area contributed by atoms with Gasteiger partial charge in [-0.25, -0.2) is 18.4 Å². The molecule has 200 valence electrons. The van der Waals surface area contributed by atoms with Crippen molar-refractivity contribution in [1.82, 2.24) is 14.5 Å². The van der Waals surface area contributed by atoms with Crippen molar-refractivity contribution in [1.29, 1.82) is 0 Å². The SMILES string of the molecule is CS(=O)(=O)CCCC(=O)Cn1ccc2ncnc(Nc3ccc(Oc4cccc(C(F)(F)F)c4)c(Cl)c3)c21. The van der Waals surface area contributed by atoms with Gasteiger partial charge in [-0.05, 0) is 48.9 Å². The van der Waals surface area contributed by atoms with Crippen LogP contribution in [0.4, 0.5) is 24.7 Å². The van der Waals surface area contributed by atoms with Crippen molar-refractivity contribution in [3.8, 4) is 11.5 Å². The average Bonchev–Trinajstić information content (AvgIpc) is 3.23. The Kier molecular flexibility index (Phi) is 7.93. The predicted molar refractivity (Wildman–Crippen MR) is 138 cm³/mol. The standard InChI is InChI=1S/C25H22ClF3N4O4S/c1-38(35,36)11-3-5-18(34)14-33-10-9-21-23(33)24(31-15-30-21)32-17-7-8-22(20(26)13-17)37-19-6-2-4-16(12-19)25(27,28)29/h2,4,6-10,12-13,15H,3,5,11,14H2,1H3,(H,30,31,32). The summed E-state index contributed by atoms with van der Waals surface area (Å²) in [6.07, 6.45) is 0.0341. The molecule has 0 aliphatic heterocycles. The minimum atomic E-state index is -4.50. The molecule has 0 aliphatic carbocycles. The molecule has 0 radical (unpaired) electrons. The third-order valence-corrected chi connectivity index (χ3v) is 6.78. The summed E-state index contributed by atoms with van der Waals surface area (Å²) in [7, 11) is -3.14. The molecule has 38 heavy (non-hydrogen) atoms. The molecule has 2 aromatic heterocycles. The summed E-state index contributed by atoms with van der Waals surface area (Å²) in [5.74, 6) is 0.341. The van der Waals surface area contributed by atoms with E-state index in [1.54, 1.807) is 22.9 Å². The van der Waals surface area contributed by atoms with Crippen LogP contribution < -0.4 is 10.1 Å². The summed E-state index contributed by atoms with van der Waals surface area (Å²) in [4.78, 5) is 20.9. The first-order valence-electron chi connectivity index (χ1n) is 11.3. The predicted octanol–water partition coefficient (Wildman–Crippen LogP) is 6.03. The molecule has 2 aromatic carbocycles. The Labute approximate surface area is 221 Å². The first-order valence-corrected chi connectivity index (χ1v) is 13.7. The lowest BCUT2D eigenvalue weighted by atomic mass is 10.2. The van der Waals surface area contributed by atoms with Gasteiger partial charge in [0.1, 0.15) is 33.2 Å². The maximum Gasteiger partial charge on any atom is 0.416 e. The van der Waals surface area contributed by atoms with E-state index in [0.717, 1.165) is 18.4 Å². The van der Waals surface area contributed by atoms with E-state index >= 15 is 0 Å². The van der Waals surface area contributed by atoms with Crippen LogP contribution in [0.3, 0.4) is 0 Å². The van der Waals surface area contributed by atoms with Crippen molar-refractivity contribution in [2.75, 3.05) is 17.3 Å². The van der Waals surface area contributed by atoms with Crippen LogP contribution >= 0.6 is 11.6 Å². The number of hydrogen-bond donors (Lipinski definition) is 1. The molecule has 1 N–H and O–H groups in total. The lowest BCUT2D eigenvalue weighted by Gasteiger charge is -2.13. The van der Waals surface area contributed by atoms with Gasteiger partial charge in [0, 0.05) is 24.6 Å². The second-order valence-corrected chi connectivity index (χ2v) is 11.2. The van der Waals surface area contributed by atoms with Crippen LogP contribution in [0, 0.1) is 0 Å². The third-order valence-electron chi connectivity index (χ3n) is 5.45. The summed E-state index contributed by atoms with van der Waals surface area (Å²) in [6.45, 7) is 0.0137. The maximum absolute atomic E-state index is 13.0. The molecule has 0 atom stereocenters. The van der Waals surface area contributed by atoms with Crippen LogP contribution in [-0.2, 0) is 27.4 Å². The first kappa shape index (κ1) is 27.4. The number of Topliss-reactive ketones (excluding diaryl/α,β-unsaturated/α-hetero) is 1. The number of anilines is 2. The largest absolute Gasteiger partial charge is 0.456 e. The number of ketones is 1. The quantitative estimate of drug-likeness (QED) is 0.250. The normalized spacial score (nSPS) is 12.0. The van der Waals surface area contributed by atoms with Gasteiger partial charge in [-0.2, -0.15) is 13.2 Å². The van der Waals surface area contributed by atoms with E-state index in [9.17, 15) is 26.4 Å². The van der Waals surface area contributed by atoms with Crippen LogP contribution in [0.15, 0.2) is 61.1 Å². The monoisotopic (exact) mass is 566 g/mol. The zero-order valence-corrected chi connectivity index (χ0v) is 21.6. The van der Waals surface area contributed by atoms with Gasteiger partial charge in [-0.3, -0.25) is 4.79 Å². The van der Waals surface area contributed by atoms with E-state index in [1.165, 1.54) is 30.6 Å². The molecule has 0 bridgehead atoms. The number of hydrogen-bond acceptors (Lipinski definition) is 7. The van der Waals surface area contributed by atoms with Gasteiger partial charge in [-0.1, -0.05) is 17.7 Å². The van der Waals surface area contributed by atoms with E-state index in [4.69, 9.17) is 16.3 Å². The molecule has 2 heterocycles. The van der Waals surface area contributed by atoms with E-state index in [-0.39, 0.29) is 47.4 Å². The van der Waals surface area contributed by atoms with Crippen LogP contribution in [0.2, 0.25) is 5.02 Å². The molecule has 0 amide bonds. The lowest BCUT2D eigenvalue weighted by Crippen LogP contribution is -2.12. The molecular weight excluding hydrogens is 545 g/mol. The number of nitrogens with zero attached hydrogens (tertiary/aromatic N) is 3. The van der Waals surface area contributed by atoms with Crippen LogP contribution in [-0.4, -0.2) is 40.7 Å². The minimum absolute atomic E-state index is 0.0137. The number of benzene rings is 2. The Balaban J connectivity index is 1.50. The highest BCUT2D eigenvalue weighted by Crippen LogP contribution is 2.36. The van der Waals surface area contributed by atoms with Gasteiger partial charge >= 0.3 is 6.18 Å². The molecule has 4 rings (SSSR count). The molecule has 0 spiro atoms. The Morgan fingerprint density at radius 1 is 1.13 bits per heavy atom. The van der Waals surface area contributed by atoms with E-state index < -0.39 is 21.6 Å². The number of rotatable bonds is 10. The van der Waals surface area contributed by atoms with Crippen molar-refractivity contribution in [3.63, 3.8) is 0 Å². The molecular formula is C25H22ClF3N4O4S. The summed E-state index contributed by atoms with van der Waals surface area (Å²) >= 11 is 6.34. The zero-order valence-electron chi connectivity index (χ0n) is 20.0. The van der Waals surface area contributed by atoms with Gasteiger partial charge in [0.15, 0.2) is 11.6 Å². The summed E-state index contributed by atoms with van der Waals surface area (Å²) in [5, 5.41) is 3.27. The van der Waals surface area contributed by atoms with Crippen molar-refractivity contribution >= 4 is 49.8 Å². The third kappa shape index (κ3) is 7.01. The second kappa shape index (κ2) is 11.0. The van der Waals surface area contributed by atoms with Crippen LogP contribution in [0.5, 0.6) is 11.5 Å². The highest BCUT2D eigenvalue weighted by molar-refractivity contribution is 7.90. The molecule has 0 aliphatic rings. The highest BCUT2D eigenvalue weighted by atomic mass is 35.5. The Morgan fingerprint density at radius 3 is 2.63 bits per heavy atom. The van der Waals surface area contributed by atoms with Crippen LogP contribution in [0.1, 0.15) is 18.4 Å². The first-order chi connectivity index (χ1) is 17.9. The number of sulfone groups is 1. The molecule has 0 saturated carbocycles. The Bertz CT molecular complexity index is 1590. The van der Waals surface area contributed by atoms with Gasteiger partial charge in [0.25, 0.3) is 0 Å². The summed E-state index contributed by atoms with van der Waals surface area (Å²) in [6, 6.07) is 10.9. The number of aromatic nitrogens is 3. The molecule has 0 saturated heterocycles. The topological polar surface area (TPSA) is 103 Å². The maximum atomic E-state index is 13.0. The van der Waals surface area contributed by atoms with Gasteiger partial charge in [0.05, 0.1) is 28.4 Å². The lowest BCUT2D eigenvalue weighted by molar-refractivity contribution is -0.137. The fraction of sp³-hybridized carbons (Fsp3) is 0.240. The molecule has 4 aromatic rings. The molecule has 13 heteroatoms. The number of nitrogens with one attached hydrogen (secondary N) is 1. The number of carbonyl (C=O) groups is 1. The van der Waals surface area contributed by atoms with Gasteiger partial charge in [-0.15, -0.1) is 0 Å². The van der Waals surface area contributed by atoms with Crippen molar-refractivity contribution < 1.29 is 31.1 Å². The molecule has 8 nitrogen and oxygen atoms in total. The fourth-order valence-corrected chi connectivity index (χ4v) is 4.61.